The van der Waals surface area contributed by atoms with Crippen molar-refractivity contribution in [1.29, 1.82) is 0 Å². The van der Waals surface area contributed by atoms with E-state index in [-0.39, 0.29) is 23.5 Å². The summed E-state index contributed by atoms with van der Waals surface area (Å²) in [6.07, 6.45) is 0.413. The second-order valence-electron chi connectivity index (χ2n) is 8.63. The molecule has 0 aliphatic carbocycles. The average Bonchev–Trinajstić information content (AvgIpc) is 3.02. The maximum Gasteiger partial charge on any atom is 0.338 e. The van der Waals surface area contributed by atoms with Gasteiger partial charge in [0.25, 0.3) is 0 Å². The Bertz CT molecular complexity index is 1260. The zero-order valence-corrected chi connectivity index (χ0v) is 25.9. The molecule has 8 heteroatoms. The van der Waals surface area contributed by atoms with Crippen molar-refractivity contribution in [1.82, 2.24) is 0 Å². The number of hydrogen-bond donors (Lipinski definition) is 1. The highest BCUT2D eigenvalue weighted by Gasteiger charge is 2.09. The van der Waals surface area contributed by atoms with Gasteiger partial charge in [0.2, 0.25) is 0 Å². The summed E-state index contributed by atoms with van der Waals surface area (Å²) in [5.74, 6) is -1.85. The molecule has 0 atom stereocenters. The van der Waals surface area contributed by atoms with Gasteiger partial charge in [-0.2, -0.15) is 0 Å². The molecule has 0 aromatic heterocycles. The lowest BCUT2D eigenvalue weighted by Gasteiger charge is -2.04. The van der Waals surface area contributed by atoms with Gasteiger partial charge < -0.3 is 19.3 Å². The number of carbonyl (C=O) groups is 4. The van der Waals surface area contributed by atoms with Crippen LogP contribution >= 0.6 is 0 Å². The molecule has 44 heavy (non-hydrogen) atoms. The van der Waals surface area contributed by atoms with E-state index in [0.717, 1.165) is 16.7 Å². The zero-order valence-electron chi connectivity index (χ0n) is 25.9. The summed E-state index contributed by atoms with van der Waals surface area (Å²) in [7, 11) is 0. The molecule has 3 rings (SSSR count). The van der Waals surface area contributed by atoms with Crippen LogP contribution in [0.1, 0.15) is 44.4 Å². The Morgan fingerprint density at radius 3 is 1.20 bits per heavy atom. The van der Waals surface area contributed by atoms with Gasteiger partial charge in [-0.3, -0.25) is 4.79 Å². The monoisotopic (exact) mass is 602 g/mol. The molecule has 0 aliphatic rings. The molecule has 0 bridgehead atoms. The molecule has 0 saturated heterocycles. The third kappa shape index (κ3) is 17.5. The van der Waals surface area contributed by atoms with E-state index in [4.69, 9.17) is 14.6 Å². The minimum Gasteiger partial charge on any atom is -0.478 e. The lowest BCUT2D eigenvalue weighted by atomic mass is 10.1. The molecule has 8 nitrogen and oxygen atoms in total. The van der Waals surface area contributed by atoms with Gasteiger partial charge in [-0.25, -0.2) is 14.4 Å². The summed E-state index contributed by atoms with van der Waals surface area (Å²) in [5.41, 5.74) is 3.62. The van der Waals surface area contributed by atoms with Crippen LogP contribution in [0.3, 0.4) is 0 Å². The predicted octanol–water partition coefficient (Wildman–Crippen LogP) is 6.97. The largest absolute Gasteiger partial charge is 0.478 e. The maximum atomic E-state index is 11.2. The minimum absolute atomic E-state index is 0.211. The fraction of sp³-hybridized carbons (Fsp3) is 0.222. The zero-order chi connectivity index (χ0) is 33.3. The normalized spacial score (nSPS) is 9.09. The molecule has 0 spiro atoms. The number of esters is 3. The van der Waals surface area contributed by atoms with E-state index in [9.17, 15) is 19.2 Å². The first-order chi connectivity index (χ1) is 21.0. The summed E-state index contributed by atoms with van der Waals surface area (Å²) in [6.45, 7) is 18.7. The third-order valence-corrected chi connectivity index (χ3v) is 5.20. The van der Waals surface area contributed by atoms with Gasteiger partial charge >= 0.3 is 23.9 Å². The number of aliphatic carboxylic acids is 1. The Hall–Kier alpha value is -5.24. The van der Waals surface area contributed by atoms with Gasteiger partial charge in [0, 0.05) is 18.9 Å². The summed E-state index contributed by atoms with van der Waals surface area (Å²) >= 11 is 0. The van der Waals surface area contributed by atoms with E-state index >= 15 is 0 Å². The Kier molecular flexibility index (Phi) is 20.6. The molecule has 0 heterocycles. The van der Waals surface area contributed by atoms with Crippen LogP contribution in [-0.2, 0) is 39.8 Å². The van der Waals surface area contributed by atoms with Crippen molar-refractivity contribution in [2.75, 3.05) is 19.8 Å². The van der Waals surface area contributed by atoms with E-state index in [0.29, 0.717) is 37.4 Å². The van der Waals surface area contributed by atoms with Crippen molar-refractivity contribution < 1.29 is 38.5 Å². The van der Waals surface area contributed by atoms with E-state index < -0.39 is 5.97 Å². The second kappa shape index (κ2) is 23.3. The number of benzene rings is 3. The van der Waals surface area contributed by atoms with Crippen LogP contribution in [0.2, 0.25) is 0 Å². The molecule has 0 amide bonds. The Labute approximate surface area is 260 Å². The Morgan fingerprint density at radius 2 is 0.932 bits per heavy atom. The van der Waals surface area contributed by atoms with Crippen LogP contribution in [0.15, 0.2) is 116 Å². The molecule has 0 radical (unpaired) electrons. The number of carboxylic acids is 1. The van der Waals surface area contributed by atoms with Gasteiger partial charge in [-0.1, -0.05) is 111 Å². The lowest BCUT2D eigenvalue weighted by molar-refractivity contribution is -0.140. The highest BCUT2D eigenvalue weighted by Crippen LogP contribution is 2.13. The number of carboxylic acid groups (broad SMARTS) is 1. The van der Waals surface area contributed by atoms with Crippen LogP contribution < -0.4 is 0 Å². The summed E-state index contributed by atoms with van der Waals surface area (Å²) in [4.78, 5) is 42.7. The molecule has 0 saturated carbocycles. The molecule has 0 unspecified atom stereocenters. The van der Waals surface area contributed by atoms with Crippen molar-refractivity contribution in [3.8, 4) is 0 Å². The van der Waals surface area contributed by atoms with Gasteiger partial charge in [0.15, 0.2) is 0 Å². The summed E-state index contributed by atoms with van der Waals surface area (Å²) < 4.78 is 14.0. The van der Waals surface area contributed by atoms with Crippen LogP contribution in [0.4, 0.5) is 0 Å². The van der Waals surface area contributed by atoms with Crippen LogP contribution in [-0.4, -0.2) is 48.8 Å². The van der Waals surface area contributed by atoms with E-state index in [1.54, 1.807) is 20.8 Å². The first kappa shape index (κ1) is 38.8. The average molecular weight is 603 g/mol. The van der Waals surface area contributed by atoms with E-state index in [2.05, 4.69) is 24.5 Å². The lowest BCUT2D eigenvalue weighted by Crippen LogP contribution is -2.05. The molecular formula is C36H42O8. The highest BCUT2D eigenvalue weighted by atomic mass is 16.5. The number of carbonyl (C=O) groups excluding carboxylic acids is 3. The van der Waals surface area contributed by atoms with Crippen LogP contribution in [0.25, 0.3) is 11.1 Å². The topological polar surface area (TPSA) is 116 Å². The van der Waals surface area contributed by atoms with Crippen LogP contribution in [0.5, 0.6) is 0 Å². The summed E-state index contributed by atoms with van der Waals surface area (Å²) in [5, 5.41) is 8.54. The third-order valence-electron chi connectivity index (χ3n) is 5.20. The minimum atomic E-state index is -0.932. The number of rotatable bonds is 10. The van der Waals surface area contributed by atoms with Gasteiger partial charge in [-0.15, -0.1) is 0 Å². The smallest absolute Gasteiger partial charge is 0.338 e. The first-order valence-electron chi connectivity index (χ1n) is 13.9. The molecule has 0 aliphatic heterocycles. The van der Waals surface area contributed by atoms with Gasteiger partial charge in [-0.05, 0) is 37.5 Å². The molecule has 0 fully saturated rings. The predicted molar refractivity (Wildman–Crippen MR) is 173 cm³/mol. The molecular weight excluding hydrogens is 560 g/mol. The Morgan fingerprint density at radius 1 is 0.591 bits per heavy atom. The quantitative estimate of drug-likeness (QED) is 0.150. The second-order valence-corrected chi connectivity index (χ2v) is 8.63. The van der Waals surface area contributed by atoms with Crippen molar-refractivity contribution >= 4 is 35.0 Å². The Balaban J connectivity index is 0.000000578. The highest BCUT2D eigenvalue weighted by molar-refractivity contribution is 6.16. The standard InChI is InChI=1S/2C11H12O2.C10H10O2.C4H8O2/c2*1-3-13-11(12)9(2)10-7-5-4-6-8-10;1-8(10(11)12)7-9-5-3-2-4-6-9;1-3-6-4(2)5/h2*4-8H,2-3H2,1H3;2-6H,1,7H2,(H,11,12);3H2,1-2H3. The van der Waals surface area contributed by atoms with Crippen molar-refractivity contribution in [3.63, 3.8) is 0 Å². The van der Waals surface area contributed by atoms with Crippen molar-refractivity contribution in [2.24, 2.45) is 0 Å². The van der Waals surface area contributed by atoms with Gasteiger partial charge in [0.1, 0.15) is 0 Å². The van der Waals surface area contributed by atoms with Crippen LogP contribution in [0, 0.1) is 0 Å². The fourth-order valence-corrected chi connectivity index (χ4v) is 3.07. The SMILES string of the molecule is C=C(C(=O)OCC)c1ccccc1.C=C(C(=O)OCC)c1ccccc1.C=C(Cc1ccccc1)C(=O)O.CCOC(C)=O. The molecule has 234 valence electrons. The fourth-order valence-electron chi connectivity index (χ4n) is 3.07. The first-order valence-corrected chi connectivity index (χ1v) is 13.9. The van der Waals surface area contributed by atoms with Crippen molar-refractivity contribution in [3.05, 3.63) is 133 Å². The van der Waals surface area contributed by atoms with Crippen molar-refractivity contribution in [2.45, 2.75) is 34.1 Å². The molecule has 3 aromatic rings. The van der Waals surface area contributed by atoms with E-state index in [1.807, 2.05) is 91.0 Å². The molecule has 1 N–H and O–H groups in total. The molecule has 3 aromatic carbocycles. The maximum absolute atomic E-state index is 11.2. The van der Waals surface area contributed by atoms with E-state index in [1.165, 1.54) is 6.92 Å². The van der Waals surface area contributed by atoms with Gasteiger partial charge in [0.05, 0.1) is 31.0 Å². The summed E-state index contributed by atoms with van der Waals surface area (Å²) in [6, 6.07) is 28.0. The number of ether oxygens (including phenoxy) is 3. The number of hydrogen-bond acceptors (Lipinski definition) is 7.